The van der Waals surface area contributed by atoms with Gasteiger partial charge < -0.3 is 0 Å². The second-order valence-electron chi connectivity index (χ2n) is 4.20. The van der Waals surface area contributed by atoms with Gasteiger partial charge >= 0.3 is 0 Å². The van der Waals surface area contributed by atoms with Crippen LogP contribution >= 0.6 is 0 Å². The largest absolute Gasteiger partial charge is 0.270 e. The zero-order valence-corrected chi connectivity index (χ0v) is 9.27. The normalized spacial score (nSPS) is 14.1. The van der Waals surface area contributed by atoms with Crippen molar-refractivity contribution < 1.29 is 0 Å². The Morgan fingerprint density at radius 2 is 2.25 bits per heavy atom. The molecule has 16 heavy (non-hydrogen) atoms. The Morgan fingerprint density at radius 3 is 3.00 bits per heavy atom. The average molecular weight is 209 g/mol. The van der Waals surface area contributed by atoms with E-state index in [1.54, 1.807) is 0 Å². The lowest BCUT2D eigenvalue weighted by Gasteiger charge is -2.00. The van der Waals surface area contributed by atoms with Crippen LogP contribution in [0.4, 0.5) is 0 Å². The quantitative estimate of drug-likeness (QED) is 0.655. The van der Waals surface area contributed by atoms with Crippen LogP contribution in [0.15, 0.2) is 18.2 Å². The smallest absolute Gasteiger partial charge is 0.119 e. The summed E-state index contributed by atoms with van der Waals surface area (Å²) in [7, 11) is 6.11. The highest BCUT2D eigenvalue weighted by molar-refractivity contribution is 6.36. The molecule has 2 aromatic heterocycles. The highest BCUT2D eigenvalue weighted by Crippen LogP contribution is 2.19. The minimum absolute atomic E-state index is 0.801. The molecule has 0 aliphatic carbocycles. The SMILES string of the molecule is [B]c1c(-c2cccc(C)n2)nn2c1CCC2. The maximum Gasteiger partial charge on any atom is 0.119 e. The number of hydrogen-bond donors (Lipinski definition) is 0. The lowest BCUT2D eigenvalue weighted by atomic mass is 9.91. The fourth-order valence-corrected chi connectivity index (χ4v) is 2.22. The predicted octanol–water partition coefficient (Wildman–Crippen LogP) is 0.994. The van der Waals surface area contributed by atoms with Gasteiger partial charge in [0.05, 0.1) is 5.69 Å². The number of fused-ring (bicyclic) bond motifs is 1. The third-order valence-electron chi connectivity index (χ3n) is 3.01. The van der Waals surface area contributed by atoms with Gasteiger partial charge in [-0.05, 0) is 37.4 Å². The third-order valence-corrected chi connectivity index (χ3v) is 3.01. The van der Waals surface area contributed by atoms with E-state index in [4.69, 9.17) is 7.85 Å². The van der Waals surface area contributed by atoms with Crippen molar-refractivity contribution in [3.05, 3.63) is 29.6 Å². The molecule has 0 saturated carbocycles. The molecule has 4 heteroatoms. The van der Waals surface area contributed by atoms with Crippen molar-refractivity contribution in [3.8, 4) is 11.4 Å². The van der Waals surface area contributed by atoms with Crippen LogP contribution in [0.25, 0.3) is 11.4 Å². The summed E-state index contributed by atoms with van der Waals surface area (Å²) in [6.07, 6.45) is 2.18. The molecule has 0 unspecified atom stereocenters. The minimum atomic E-state index is 0.801. The first-order valence-corrected chi connectivity index (χ1v) is 5.55. The van der Waals surface area contributed by atoms with E-state index in [2.05, 4.69) is 10.1 Å². The third kappa shape index (κ3) is 1.37. The number of aromatic nitrogens is 3. The van der Waals surface area contributed by atoms with Gasteiger partial charge in [0.1, 0.15) is 13.5 Å². The Balaban J connectivity index is 2.14. The van der Waals surface area contributed by atoms with Crippen LogP contribution in [0.5, 0.6) is 0 Å². The Labute approximate surface area is 95.9 Å². The molecule has 0 atom stereocenters. The molecule has 0 N–H and O–H groups in total. The van der Waals surface area contributed by atoms with Crippen molar-refractivity contribution in [3.63, 3.8) is 0 Å². The van der Waals surface area contributed by atoms with Crippen molar-refractivity contribution in [2.45, 2.75) is 26.3 Å². The molecule has 2 radical (unpaired) electrons. The number of hydrogen-bond acceptors (Lipinski definition) is 2. The van der Waals surface area contributed by atoms with Crippen molar-refractivity contribution in [1.82, 2.24) is 14.8 Å². The van der Waals surface area contributed by atoms with E-state index in [1.165, 1.54) is 5.69 Å². The van der Waals surface area contributed by atoms with Crippen molar-refractivity contribution in [2.75, 3.05) is 0 Å². The van der Waals surface area contributed by atoms with E-state index in [0.29, 0.717) is 0 Å². The molecular formula is C12H12BN3. The van der Waals surface area contributed by atoms with Crippen LogP contribution in [0.2, 0.25) is 0 Å². The molecule has 3 nitrogen and oxygen atoms in total. The van der Waals surface area contributed by atoms with Gasteiger partial charge in [0.15, 0.2) is 0 Å². The molecule has 0 spiro atoms. The van der Waals surface area contributed by atoms with Crippen LogP contribution in [0.1, 0.15) is 17.8 Å². The Morgan fingerprint density at radius 1 is 1.38 bits per heavy atom. The van der Waals surface area contributed by atoms with E-state index < -0.39 is 0 Å². The monoisotopic (exact) mass is 209 g/mol. The first kappa shape index (κ1) is 9.64. The summed E-state index contributed by atoms with van der Waals surface area (Å²) in [4.78, 5) is 4.46. The van der Waals surface area contributed by atoms with E-state index in [1.807, 2.05) is 29.8 Å². The number of rotatable bonds is 1. The van der Waals surface area contributed by atoms with Crippen molar-refractivity contribution in [2.24, 2.45) is 0 Å². The summed E-state index contributed by atoms with van der Waals surface area (Å²) in [6.45, 7) is 2.95. The predicted molar refractivity (Wildman–Crippen MR) is 63.9 cm³/mol. The summed E-state index contributed by atoms with van der Waals surface area (Å²) < 4.78 is 2.01. The van der Waals surface area contributed by atoms with E-state index in [-0.39, 0.29) is 0 Å². The van der Waals surface area contributed by atoms with Crippen molar-refractivity contribution >= 4 is 13.3 Å². The maximum absolute atomic E-state index is 6.11. The summed E-state index contributed by atoms with van der Waals surface area (Å²) >= 11 is 0. The molecule has 1 aliphatic heterocycles. The van der Waals surface area contributed by atoms with Crippen LogP contribution < -0.4 is 5.46 Å². The molecule has 2 aromatic rings. The molecule has 0 amide bonds. The molecule has 0 fully saturated rings. The molecule has 0 bridgehead atoms. The Hall–Kier alpha value is -1.58. The number of nitrogens with zero attached hydrogens (tertiary/aromatic N) is 3. The lowest BCUT2D eigenvalue weighted by molar-refractivity contribution is 0.658. The van der Waals surface area contributed by atoms with E-state index >= 15 is 0 Å². The molecule has 0 saturated heterocycles. The summed E-state index contributed by atoms with van der Waals surface area (Å²) in [6, 6.07) is 5.92. The molecular weight excluding hydrogens is 197 g/mol. The summed E-state index contributed by atoms with van der Waals surface area (Å²) in [5.41, 5.74) is 4.66. The van der Waals surface area contributed by atoms with Gasteiger partial charge in [0, 0.05) is 17.9 Å². The average Bonchev–Trinajstić information content (AvgIpc) is 2.82. The van der Waals surface area contributed by atoms with Crippen LogP contribution in [-0.2, 0) is 13.0 Å². The Kier molecular flexibility index (Phi) is 2.09. The molecule has 3 heterocycles. The fraction of sp³-hybridized carbons (Fsp3) is 0.333. The minimum Gasteiger partial charge on any atom is -0.270 e. The Bertz CT molecular complexity index is 545. The zero-order valence-electron chi connectivity index (χ0n) is 9.27. The first-order chi connectivity index (χ1) is 7.75. The highest BCUT2D eigenvalue weighted by atomic mass is 15.3. The van der Waals surface area contributed by atoms with Gasteiger partial charge in [-0.1, -0.05) is 6.07 Å². The van der Waals surface area contributed by atoms with E-state index in [9.17, 15) is 0 Å². The topological polar surface area (TPSA) is 30.7 Å². The highest BCUT2D eigenvalue weighted by Gasteiger charge is 2.19. The molecule has 78 valence electrons. The fourth-order valence-electron chi connectivity index (χ4n) is 2.22. The van der Waals surface area contributed by atoms with E-state index in [0.717, 1.165) is 41.9 Å². The zero-order chi connectivity index (χ0) is 11.1. The van der Waals surface area contributed by atoms with Crippen LogP contribution in [0, 0.1) is 6.92 Å². The number of aryl methyl sites for hydroxylation is 2. The molecule has 0 aromatic carbocycles. The van der Waals surface area contributed by atoms with Gasteiger partial charge in [-0.25, -0.2) is 0 Å². The lowest BCUT2D eigenvalue weighted by Crippen LogP contribution is -2.09. The van der Waals surface area contributed by atoms with Gasteiger partial charge in [0.2, 0.25) is 0 Å². The van der Waals surface area contributed by atoms with Crippen molar-refractivity contribution in [1.29, 1.82) is 0 Å². The summed E-state index contributed by atoms with van der Waals surface area (Å²) in [5.74, 6) is 0. The second kappa shape index (κ2) is 3.47. The van der Waals surface area contributed by atoms with Gasteiger partial charge in [-0.2, -0.15) is 5.10 Å². The second-order valence-corrected chi connectivity index (χ2v) is 4.20. The van der Waals surface area contributed by atoms with Gasteiger partial charge in [-0.15, -0.1) is 0 Å². The molecule has 3 rings (SSSR count). The molecule has 1 aliphatic rings. The maximum atomic E-state index is 6.11. The first-order valence-electron chi connectivity index (χ1n) is 5.55. The van der Waals surface area contributed by atoms with Crippen LogP contribution in [-0.4, -0.2) is 22.6 Å². The van der Waals surface area contributed by atoms with Crippen LogP contribution in [0.3, 0.4) is 0 Å². The van der Waals surface area contributed by atoms with Gasteiger partial charge in [0.25, 0.3) is 0 Å². The summed E-state index contributed by atoms with van der Waals surface area (Å²) in [5, 5.41) is 4.53. The van der Waals surface area contributed by atoms with Gasteiger partial charge in [-0.3, -0.25) is 9.67 Å². The standard InChI is InChI=1S/C12H12BN3/c1-8-4-2-5-9(14-8)12-11(13)10-6-3-7-16(10)15-12/h2,4-5H,3,6-7H2,1H3. The number of pyridine rings is 1.